The zero-order valence-corrected chi connectivity index (χ0v) is 15.3. The first-order valence-corrected chi connectivity index (χ1v) is 10.1. The Morgan fingerprint density at radius 3 is 2.31 bits per heavy atom. The third-order valence-corrected chi connectivity index (χ3v) is 6.35. The summed E-state index contributed by atoms with van der Waals surface area (Å²) in [6, 6.07) is 8.55. The quantitative estimate of drug-likeness (QED) is 0.780. The lowest BCUT2D eigenvalue weighted by molar-refractivity contribution is 0.383. The van der Waals surface area contributed by atoms with Crippen molar-refractivity contribution in [2.75, 3.05) is 36.8 Å². The second-order valence-electron chi connectivity index (χ2n) is 6.12. The zero-order chi connectivity index (χ0) is 18.7. The minimum atomic E-state index is -3.21. The normalized spacial score (nSPS) is 16.0. The van der Waals surface area contributed by atoms with E-state index in [0.717, 1.165) is 0 Å². The molecule has 2 heterocycles. The summed E-state index contributed by atoms with van der Waals surface area (Å²) in [6.07, 6.45) is 0.590. The molecule has 7 nitrogen and oxygen atoms in total. The van der Waals surface area contributed by atoms with E-state index in [1.165, 1.54) is 39.3 Å². The molecule has 0 bridgehead atoms. The number of halogens is 1. The lowest BCUT2D eigenvalue weighted by atomic mass is 10.3. The molecule has 0 radical (unpaired) electrons. The summed E-state index contributed by atoms with van der Waals surface area (Å²) in [4.78, 5) is 14.0. The number of hydrogen-bond donors (Lipinski definition) is 0. The Balaban J connectivity index is 1.78. The summed E-state index contributed by atoms with van der Waals surface area (Å²) < 4.78 is 40.1. The molecule has 1 saturated heterocycles. The van der Waals surface area contributed by atoms with Gasteiger partial charge in [0.2, 0.25) is 10.0 Å². The first-order chi connectivity index (χ1) is 12.4. The van der Waals surface area contributed by atoms with Crippen LogP contribution in [0.2, 0.25) is 0 Å². The fourth-order valence-electron chi connectivity index (χ4n) is 2.92. The molecule has 1 aromatic heterocycles. The lowest BCUT2D eigenvalue weighted by Gasteiger charge is -2.34. The zero-order valence-electron chi connectivity index (χ0n) is 14.5. The molecule has 1 fully saturated rings. The molecule has 0 amide bonds. The van der Waals surface area contributed by atoms with Crippen molar-refractivity contribution in [3.05, 3.63) is 52.6 Å². The molecule has 3 rings (SSSR count). The van der Waals surface area contributed by atoms with Crippen LogP contribution in [0.4, 0.5) is 10.2 Å². The second kappa shape index (κ2) is 7.55. The first-order valence-electron chi connectivity index (χ1n) is 8.50. The van der Waals surface area contributed by atoms with Crippen molar-refractivity contribution in [1.29, 1.82) is 0 Å². The molecule has 0 atom stereocenters. The van der Waals surface area contributed by atoms with Crippen LogP contribution in [0.25, 0.3) is 5.69 Å². The van der Waals surface area contributed by atoms with Crippen molar-refractivity contribution in [2.45, 2.75) is 13.3 Å². The van der Waals surface area contributed by atoms with Crippen LogP contribution in [-0.4, -0.2) is 54.4 Å². The third kappa shape index (κ3) is 3.94. The predicted octanol–water partition coefficient (Wildman–Crippen LogP) is 1.23. The maximum Gasteiger partial charge on any atom is 0.271 e. The van der Waals surface area contributed by atoms with Crippen molar-refractivity contribution in [3.63, 3.8) is 0 Å². The topological polar surface area (TPSA) is 75.5 Å². The van der Waals surface area contributed by atoms with Crippen LogP contribution in [0.3, 0.4) is 0 Å². The van der Waals surface area contributed by atoms with Crippen LogP contribution in [0.1, 0.15) is 13.3 Å². The standard InChI is InChI=1S/C17H21FN4O3S/c1-2-13-26(24,25)21-11-9-20(10-12-21)16-7-8-17(23)22(19-16)15-5-3-14(18)4-6-15/h3-8H,2,9-13H2,1H3. The van der Waals surface area contributed by atoms with Gasteiger partial charge in [-0.15, -0.1) is 5.10 Å². The van der Waals surface area contributed by atoms with Crippen LogP contribution in [0.15, 0.2) is 41.2 Å². The van der Waals surface area contributed by atoms with E-state index >= 15 is 0 Å². The number of piperazine rings is 1. The van der Waals surface area contributed by atoms with Gasteiger partial charge in [0.25, 0.3) is 5.56 Å². The fourth-order valence-corrected chi connectivity index (χ4v) is 4.41. The summed E-state index contributed by atoms with van der Waals surface area (Å²) in [6.45, 7) is 3.62. The second-order valence-corrected chi connectivity index (χ2v) is 8.21. The van der Waals surface area contributed by atoms with Crippen molar-refractivity contribution in [2.24, 2.45) is 0 Å². The van der Waals surface area contributed by atoms with Gasteiger partial charge in [0.05, 0.1) is 11.4 Å². The monoisotopic (exact) mass is 380 g/mol. The smallest absolute Gasteiger partial charge is 0.271 e. The summed E-state index contributed by atoms with van der Waals surface area (Å²) in [7, 11) is -3.21. The van der Waals surface area contributed by atoms with E-state index in [2.05, 4.69) is 5.10 Å². The molecule has 1 aliphatic rings. The van der Waals surface area contributed by atoms with Crippen LogP contribution in [0, 0.1) is 5.82 Å². The molecule has 0 unspecified atom stereocenters. The Morgan fingerprint density at radius 1 is 1.04 bits per heavy atom. The summed E-state index contributed by atoms with van der Waals surface area (Å²) in [5, 5.41) is 4.36. The summed E-state index contributed by atoms with van der Waals surface area (Å²) in [5.74, 6) is 0.351. The number of nitrogens with zero attached hydrogens (tertiary/aromatic N) is 4. The van der Waals surface area contributed by atoms with Gasteiger partial charge in [0.1, 0.15) is 11.6 Å². The maximum atomic E-state index is 13.1. The van der Waals surface area contributed by atoms with Gasteiger partial charge in [-0.2, -0.15) is 8.99 Å². The molecule has 140 valence electrons. The van der Waals surface area contributed by atoms with Gasteiger partial charge in [0, 0.05) is 32.2 Å². The number of anilines is 1. The Bertz CT molecular complexity index is 920. The molecule has 26 heavy (non-hydrogen) atoms. The van der Waals surface area contributed by atoms with E-state index in [0.29, 0.717) is 44.1 Å². The first kappa shape index (κ1) is 18.5. The largest absolute Gasteiger partial charge is 0.353 e. The lowest BCUT2D eigenvalue weighted by Crippen LogP contribution is -2.49. The van der Waals surface area contributed by atoms with Crippen LogP contribution < -0.4 is 10.5 Å². The van der Waals surface area contributed by atoms with Crippen molar-refractivity contribution in [3.8, 4) is 5.69 Å². The van der Waals surface area contributed by atoms with Gasteiger partial charge >= 0.3 is 0 Å². The van der Waals surface area contributed by atoms with E-state index in [-0.39, 0.29) is 17.1 Å². The minimum absolute atomic E-state index is 0.153. The van der Waals surface area contributed by atoms with E-state index in [4.69, 9.17) is 0 Å². The third-order valence-electron chi connectivity index (χ3n) is 4.28. The Labute approximate surface area is 151 Å². The average molecular weight is 380 g/mol. The number of rotatable bonds is 5. The molecule has 9 heteroatoms. The van der Waals surface area contributed by atoms with Gasteiger partial charge < -0.3 is 4.90 Å². The Hall–Kier alpha value is -2.26. The Kier molecular flexibility index (Phi) is 5.38. The van der Waals surface area contributed by atoms with E-state index in [1.54, 1.807) is 6.07 Å². The molecule has 0 saturated carbocycles. The number of hydrogen-bond acceptors (Lipinski definition) is 5. The van der Waals surface area contributed by atoms with Gasteiger partial charge in [-0.25, -0.2) is 12.8 Å². The molecule has 1 aliphatic heterocycles. The molecular formula is C17H21FN4O3S. The SMILES string of the molecule is CCCS(=O)(=O)N1CCN(c2ccc(=O)n(-c3ccc(F)cc3)n2)CC1. The van der Waals surface area contributed by atoms with E-state index < -0.39 is 10.0 Å². The van der Waals surface area contributed by atoms with Gasteiger partial charge in [-0.1, -0.05) is 6.92 Å². The Morgan fingerprint density at radius 2 is 1.69 bits per heavy atom. The molecule has 0 aliphatic carbocycles. The summed E-state index contributed by atoms with van der Waals surface area (Å²) in [5.41, 5.74) is 0.159. The highest BCUT2D eigenvalue weighted by molar-refractivity contribution is 7.89. The number of sulfonamides is 1. The molecule has 0 N–H and O–H groups in total. The fraction of sp³-hybridized carbons (Fsp3) is 0.412. The van der Waals surface area contributed by atoms with Gasteiger partial charge in [-0.05, 0) is 36.8 Å². The van der Waals surface area contributed by atoms with Crippen LogP contribution >= 0.6 is 0 Å². The molecule has 2 aromatic rings. The predicted molar refractivity (Wildman–Crippen MR) is 97.7 cm³/mol. The highest BCUT2D eigenvalue weighted by Gasteiger charge is 2.26. The minimum Gasteiger partial charge on any atom is -0.353 e. The maximum absolute atomic E-state index is 13.1. The van der Waals surface area contributed by atoms with E-state index in [9.17, 15) is 17.6 Å². The van der Waals surface area contributed by atoms with Gasteiger partial charge in [0.15, 0.2) is 0 Å². The molecule has 1 aromatic carbocycles. The van der Waals surface area contributed by atoms with Crippen LogP contribution in [0.5, 0.6) is 0 Å². The van der Waals surface area contributed by atoms with Crippen molar-refractivity contribution >= 4 is 15.8 Å². The van der Waals surface area contributed by atoms with E-state index in [1.807, 2.05) is 11.8 Å². The highest BCUT2D eigenvalue weighted by atomic mass is 32.2. The van der Waals surface area contributed by atoms with Crippen LogP contribution in [-0.2, 0) is 10.0 Å². The number of benzene rings is 1. The molecular weight excluding hydrogens is 359 g/mol. The van der Waals surface area contributed by atoms with Gasteiger partial charge in [-0.3, -0.25) is 4.79 Å². The molecule has 0 spiro atoms. The number of aromatic nitrogens is 2. The van der Waals surface area contributed by atoms with Crippen molar-refractivity contribution < 1.29 is 12.8 Å². The van der Waals surface area contributed by atoms with Crippen molar-refractivity contribution in [1.82, 2.24) is 14.1 Å². The average Bonchev–Trinajstić information content (AvgIpc) is 2.63. The highest BCUT2D eigenvalue weighted by Crippen LogP contribution is 2.16. The summed E-state index contributed by atoms with van der Waals surface area (Å²) >= 11 is 0.